The van der Waals surface area contributed by atoms with Crippen molar-refractivity contribution in [1.82, 2.24) is 15.0 Å². The van der Waals surface area contributed by atoms with Crippen LogP contribution >= 0.6 is 11.6 Å². The van der Waals surface area contributed by atoms with Crippen LogP contribution < -0.4 is 4.72 Å². The number of anilines is 1. The van der Waals surface area contributed by atoms with Gasteiger partial charge in [-0.1, -0.05) is 18.5 Å². The van der Waals surface area contributed by atoms with Gasteiger partial charge in [-0.05, 0) is 12.1 Å². The molecule has 8 heteroatoms. The summed E-state index contributed by atoms with van der Waals surface area (Å²) in [6.07, 6.45) is 3.27. The fourth-order valence-corrected chi connectivity index (χ4v) is 2.35. The molecular weight excluding hydrogens is 276 g/mol. The van der Waals surface area contributed by atoms with Crippen molar-refractivity contribution in [2.75, 3.05) is 4.72 Å². The minimum atomic E-state index is -3.69. The van der Waals surface area contributed by atoms with Crippen LogP contribution in [0.25, 0.3) is 0 Å². The van der Waals surface area contributed by atoms with E-state index >= 15 is 0 Å². The summed E-state index contributed by atoms with van der Waals surface area (Å²) < 4.78 is 26.3. The number of nitrogens with one attached hydrogen (secondary N) is 2. The number of hydrogen-bond donors (Lipinski definition) is 2. The van der Waals surface area contributed by atoms with Gasteiger partial charge in [0.05, 0.1) is 11.2 Å². The normalized spacial score (nSPS) is 11.4. The number of sulfonamides is 1. The number of aromatic amines is 1. The van der Waals surface area contributed by atoms with Gasteiger partial charge in [-0.2, -0.15) is 8.42 Å². The van der Waals surface area contributed by atoms with E-state index in [0.29, 0.717) is 17.3 Å². The maximum atomic E-state index is 12.0. The Morgan fingerprint density at radius 3 is 2.67 bits per heavy atom. The van der Waals surface area contributed by atoms with Crippen LogP contribution in [0.1, 0.15) is 12.7 Å². The Kier molecular flexibility index (Phi) is 3.53. The molecule has 0 unspecified atom stereocenters. The summed E-state index contributed by atoms with van der Waals surface area (Å²) in [6, 6.07) is 3.04. The van der Waals surface area contributed by atoms with E-state index in [4.69, 9.17) is 11.6 Å². The van der Waals surface area contributed by atoms with Gasteiger partial charge < -0.3 is 4.98 Å². The van der Waals surface area contributed by atoms with Crippen LogP contribution in [0.4, 0.5) is 5.82 Å². The Morgan fingerprint density at radius 1 is 1.33 bits per heavy atom. The Bertz CT molecular complexity index is 636. The summed E-state index contributed by atoms with van der Waals surface area (Å²) in [5, 5.41) is 0.448. The van der Waals surface area contributed by atoms with Crippen LogP contribution in [0.15, 0.2) is 29.6 Å². The van der Waals surface area contributed by atoms with Gasteiger partial charge in [0.25, 0.3) is 10.0 Å². The molecule has 2 heterocycles. The average Bonchev–Trinajstić information content (AvgIpc) is 2.81. The molecule has 6 nitrogen and oxygen atoms in total. The molecule has 0 saturated carbocycles. The maximum absolute atomic E-state index is 12.0. The molecule has 0 fully saturated rings. The van der Waals surface area contributed by atoms with Crippen LogP contribution in [0.3, 0.4) is 0 Å². The van der Waals surface area contributed by atoms with Gasteiger partial charge in [0.1, 0.15) is 11.6 Å². The number of hydrogen-bond acceptors (Lipinski definition) is 4. The molecular formula is C10H11ClN4O2S. The first-order valence-electron chi connectivity index (χ1n) is 5.19. The zero-order chi connectivity index (χ0) is 13.2. The molecule has 2 aromatic rings. The topological polar surface area (TPSA) is 87.7 Å². The van der Waals surface area contributed by atoms with E-state index in [1.54, 1.807) is 6.07 Å². The number of aromatic nitrogens is 3. The Hall–Kier alpha value is -1.60. The summed E-state index contributed by atoms with van der Waals surface area (Å²) in [5.74, 6) is 0.812. The number of H-pyrrole nitrogens is 1. The van der Waals surface area contributed by atoms with E-state index in [1.165, 1.54) is 18.5 Å². The van der Waals surface area contributed by atoms with Crippen molar-refractivity contribution in [3.8, 4) is 0 Å². The smallest absolute Gasteiger partial charge is 0.280 e. The Balaban J connectivity index is 2.24. The minimum absolute atomic E-state index is 0.0103. The molecule has 0 saturated heterocycles. The van der Waals surface area contributed by atoms with Crippen LogP contribution in [-0.4, -0.2) is 23.4 Å². The van der Waals surface area contributed by atoms with Crippen LogP contribution in [0.5, 0.6) is 0 Å². The van der Waals surface area contributed by atoms with Crippen molar-refractivity contribution >= 4 is 27.4 Å². The molecule has 0 aliphatic heterocycles. The predicted molar refractivity (Wildman–Crippen MR) is 68.0 cm³/mol. The number of imidazole rings is 1. The first-order chi connectivity index (χ1) is 8.51. The van der Waals surface area contributed by atoms with Crippen molar-refractivity contribution in [2.45, 2.75) is 18.4 Å². The average molecular weight is 287 g/mol. The van der Waals surface area contributed by atoms with E-state index in [0.717, 1.165) is 0 Å². The van der Waals surface area contributed by atoms with Gasteiger partial charge in [-0.3, -0.25) is 4.72 Å². The molecule has 18 heavy (non-hydrogen) atoms. The molecule has 96 valence electrons. The summed E-state index contributed by atoms with van der Waals surface area (Å²) in [5.41, 5.74) is 0. The molecule has 2 aromatic heterocycles. The molecule has 0 aliphatic carbocycles. The number of aryl methyl sites for hydroxylation is 1. The van der Waals surface area contributed by atoms with Crippen LogP contribution in [-0.2, 0) is 16.4 Å². The van der Waals surface area contributed by atoms with Gasteiger partial charge in [-0.25, -0.2) is 9.97 Å². The van der Waals surface area contributed by atoms with E-state index in [9.17, 15) is 8.42 Å². The zero-order valence-electron chi connectivity index (χ0n) is 9.51. The van der Waals surface area contributed by atoms with Crippen LogP contribution in [0, 0.1) is 0 Å². The lowest BCUT2D eigenvalue weighted by molar-refractivity contribution is 0.597. The van der Waals surface area contributed by atoms with Gasteiger partial charge in [0.2, 0.25) is 0 Å². The molecule has 2 N–H and O–H groups in total. The third-order valence-electron chi connectivity index (χ3n) is 2.20. The summed E-state index contributed by atoms with van der Waals surface area (Å²) >= 11 is 5.67. The van der Waals surface area contributed by atoms with E-state index in [-0.39, 0.29) is 10.8 Å². The van der Waals surface area contributed by atoms with Gasteiger partial charge in [0.15, 0.2) is 5.03 Å². The molecule has 0 aliphatic rings. The fourth-order valence-electron chi connectivity index (χ4n) is 1.29. The third-order valence-corrected chi connectivity index (χ3v) is 3.68. The quantitative estimate of drug-likeness (QED) is 0.897. The second-order valence-electron chi connectivity index (χ2n) is 3.51. The predicted octanol–water partition coefficient (Wildman–Crippen LogP) is 1.82. The largest absolute Gasteiger partial charge is 0.332 e. The van der Waals surface area contributed by atoms with E-state index < -0.39 is 10.0 Å². The highest BCUT2D eigenvalue weighted by atomic mass is 35.5. The van der Waals surface area contributed by atoms with Crippen molar-refractivity contribution in [1.29, 1.82) is 0 Å². The van der Waals surface area contributed by atoms with Crippen molar-refractivity contribution in [2.24, 2.45) is 0 Å². The third kappa shape index (κ3) is 2.80. The number of halogens is 1. The highest BCUT2D eigenvalue weighted by molar-refractivity contribution is 7.92. The monoisotopic (exact) mass is 286 g/mol. The number of pyridine rings is 1. The van der Waals surface area contributed by atoms with E-state index in [2.05, 4.69) is 19.7 Å². The molecule has 0 spiro atoms. The summed E-state index contributed by atoms with van der Waals surface area (Å²) in [4.78, 5) is 10.5. The number of rotatable bonds is 4. The SMILES string of the molecule is CCc1ncc(S(=O)(=O)Nc2ccc(Cl)cn2)[nH]1. The van der Waals surface area contributed by atoms with Crippen molar-refractivity contribution in [3.63, 3.8) is 0 Å². The Labute approximate surface area is 109 Å². The lowest BCUT2D eigenvalue weighted by atomic mass is 10.5. The molecule has 0 amide bonds. The second kappa shape index (κ2) is 4.95. The minimum Gasteiger partial charge on any atom is -0.332 e. The second-order valence-corrected chi connectivity index (χ2v) is 5.60. The van der Waals surface area contributed by atoms with Gasteiger partial charge >= 0.3 is 0 Å². The van der Waals surface area contributed by atoms with Crippen molar-refractivity contribution < 1.29 is 8.42 Å². The first-order valence-corrected chi connectivity index (χ1v) is 7.05. The van der Waals surface area contributed by atoms with Gasteiger partial charge in [-0.15, -0.1) is 0 Å². The first kappa shape index (κ1) is 12.8. The highest BCUT2D eigenvalue weighted by Gasteiger charge is 2.17. The standard InChI is InChI=1S/C10H11ClN4O2S/c1-2-8-13-6-10(14-8)18(16,17)15-9-4-3-7(11)5-12-9/h3-6H,2H2,1H3,(H,12,15)(H,13,14). The summed E-state index contributed by atoms with van der Waals surface area (Å²) in [7, 11) is -3.69. The summed E-state index contributed by atoms with van der Waals surface area (Å²) in [6.45, 7) is 1.88. The zero-order valence-corrected chi connectivity index (χ0v) is 11.1. The lowest BCUT2D eigenvalue weighted by Gasteiger charge is -2.04. The Morgan fingerprint density at radius 2 is 2.11 bits per heavy atom. The molecule has 0 aromatic carbocycles. The highest BCUT2D eigenvalue weighted by Crippen LogP contribution is 2.14. The molecule has 2 rings (SSSR count). The maximum Gasteiger partial charge on any atom is 0.280 e. The fraction of sp³-hybridized carbons (Fsp3) is 0.200. The molecule has 0 radical (unpaired) electrons. The number of nitrogens with zero attached hydrogens (tertiary/aromatic N) is 2. The molecule has 0 bridgehead atoms. The van der Waals surface area contributed by atoms with Crippen molar-refractivity contribution in [3.05, 3.63) is 35.4 Å². The van der Waals surface area contributed by atoms with Crippen LogP contribution in [0.2, 0.25) is 5.02 Å². The molecule has 0 atom stereocenters. The van der Waals surface area contributed by atoms with Gasteiger partial charge in [0, 0.05) is 12.6 Å². The van der Waals surface area contributed by atoms with E-state index in [1.807, 2.05) is 6.92 Å². The lowest BCUT2D eigenvalue weighted by Crippen LogP contribution is -2.14.